The normalized spacial score (nSPS) is 17.8. The average molecular weight is 266 g/mol. The smallest absolute Gasteiger partial charge is 0.205 e. The Morgan fingerprint density at radius 3 is 2.44 bits per heavy atom. The third kappa shape index (κ3) is 3.31. The summed E-state index contributed by atoms with van der Waals surface area (Å²) < 4.78 is 0. The second kappa shape index (κ2) is 7.45. The van der Waals surface area contributed by atoms with Gasteiger partial charge in [0.05, 0.1) is 0 Å². The Kier molecular flexibility index (Phi) is 6.68. The second-order valence-electron chi connectivity index (χ2n) is 3.63. The molecule has 0 aromatic heterocycles. The van der Waals surface area contributed by atoms with Crippen molar-refractivity contribution in [1.29, 1.82) is 5.26 Å². The second-order valence-corrected chi connectivity index (χ2v) is 3.83. The van der Waals surface area contributed by atoms with Crippen molar-refractivity contribution in [2.75, 3.05) is 14.1 Å². The Labute approximate surface area is 113 Å². The number of ketones is 1. The van der Waals surface area contributed by atoms with Crippen LogP contribution < -0.4 is 5.73 Å². The molecule has 1 heterocycles. The highest BCUT2D eigenvalue weighted by atomic mass is 32.1. The number of nitrogens with zero attached hydrogens (tertiary/aromatic N) is 3. The maximum atomic E-state index is 11.6. The van der Waals surface area contributed by atoms with E-state index < -0.39 is 0 Å². The summed E-state index contributed by atoms with van der Waals surface area (Å²) in [5.41, 5.74) is 6.38. The van der Waals surface area contributed by atoms with E-state index in [1.807, 2.05) is 30.0 Å². The molecule has 0 saturated carbocycles. The van der Waals surface area contributed by atoms with E-state index >= 15 is 0 Å². The van der Waals surface area contributed by atoms with Gasteiger partial charge in [0.15, 0.2) is 0 Å². The number of thiocyanates is 1. The summed E-state index contributed by atoms with van der Waals surface area (Å²) in [6, 6.07) is 0. The van der Waals surface area contributed by atoms with Crippen LogP contribution in [0.1, 0.15) is 6.42 Å². The summed E-state index contributed by atoms with van der Waals surface area (Å²) in [5.74, 6) is 0.350. The number of allylic oxidation sites excluding steroid dienone is 1. The molecular formula is C12H18N4OS. The van der Waals surface area contributed by atoms with Crippen LogP contribution in [-0.4, -0.2) is 35.8 Å². The SMILES string of the molecule is C=CCC1N(C)C(N)=C(C(=O)C=C)N1C.N#CS. The first-order valence-corrected chi connectivity index (χ1v) is 5.67. The van der Waals surface area contributed by atoms with Gasteiger partial charge in [0.1, 0.15) is 23.1 Å². The van der Waals surface area contributed by atoms with Crippen LogP contribution in [0.25, 0.3) is 0 Å². The zero-order valence-corrected chi connectivity index (χ0v) is 11.5. The van der Waals surface area contributed by atoms with Crippen molar-refractivity contribution in [3.8, 4) is 5.40 Å². The number of nitrogens with two attached hydrogens (primary N) is 1. The van der Waals surface area contributed by atoms with Gasteiger partial charge in [-0.25, -0.2) is 0 Å². The first-order chi connectivity index (χ1) is 8.45. The summed E-state index contributed by atoms with van der Waals surface area (Å²) in [5, 5.41) is 8.63. The number of hydrogen-bond acceptors (Lipinski definition) is 6. The topological polar surface area (TPSA) is 73.4 Å². The van der Waals surface area contributed by atoms with E-state index in [1.165, 1.54) is 11.5 Å². The maximum Gasteiger partial charge on any atom is 0.205 e. The lowest BCUT2D eigenvalue weighted by Crippen LogP contribution is -2.37. The highest BCUT2D eigenvalue weighted by Gasteiger charge is 2.33. The minimum Gasteiger partial charge on any atom is -0.383 e. The molecule has 0 fully saturated rings. The number of rotatable bonds is 4. The predicted octanol–water partition coefficient (Wildman–Crippen LogP) is 1.05. The third-order valence-corrected chi connectivity index (χ3v) is 2.67. The largest absolute Gasteiger partial charge is 0.383 e. The monoisotopic (exact) mass is 266 g/mol. The molecular weight excluding hydrogens is 248 g/mol. The van der Waals surface area contributed by atoms with Gasteiger partial charge in [-0.3, -0.25) is 4.79 Å². The van der Waals surface area contributed by atoms with Crippen LogP contribution in [0.5, 0.6) is 0 Å². The molecule has 0 aromatic rings. The van der Waals surface area contributed by atoms with E-state index in [1.54, 1.807) is 0 Å². The summed E-state index contributed by atoms with van der Waals surface area (Å²) in [6.07, 6.45) is 3.91. The van der Waals surface area contributed by atoms with Crippen LogP contribution in [0, 0.1) is 10.7 Å². The molecule has 1 aliphatic rings. The molecule has 1 aliphatic heterocycles. The predicted molar refractivity (Wildman–Crippen MR) is 75.1 cm³/mol. The molecule has 6 heteroatoms. The molecule has 98 valence electrons. The van der Waals surface area contributed by atoms with Gasteiger partial charge in [-0.05, 0) is 6.08 Å². The van der Waals surface area contributed by atoms with Gasteiger partial charge < -0.3 is 15.5 Å². The number of nitriles is 1. The van der Waals surface area contributed by atoms with Crippen molar-refractivity contribution >= 4 is 18.4 Å². The Morgan fingerprint density at radius 2 is 2.06 bits per heavy atom. The standard InChI is InChI=1S/C11H17N3O.CHNS/c1-5-7-9-13(3)10(8(15)6-2)11(12)14(9)4;2-1-3/h5-6,9H,1-2,7,12H2,3-4H3;3H. The van der Waals surface area contributed by atoms with Gasteiger partial charge in [-0.15, -0.1) is 6.58 Å². The van der Waals surface area contributed by atoms with Gasteiger partial charge in [0.2, 0.25) is 5.78 Å². The van der Waals surface area contributed by atoms with E-state index in [0.717, 1.165) is 6.42 Å². The molecule has 1 unspecified atom stereocenters. The minimum absolute atomic E-state index is 0.0707. The number of carbonyl (C=O) groups excluding carboxylic acids is 1. The molecule has 0 radical (unpaired) electrons. The Morgan fingerprint density at radius 1 is 1.56 bits per heavy atom. The van der Waals surface area contributed by atoms with Gasteiger partial charge in [-0.1, -0.05) is 25.3 Å². The number of hydrogen-bond donors (Lipinski definition) is 2. The Hall–Kier alpha value is -1.87. The summed E-state index contributed by atoms with van der Waals surface area (Å²) in [7, 11) is 3.71. The lowest BCUT2D eigenvalue weighted by Gasteiger charge is -2.27. The maximum absolute atomic E-state index is 11.6. The van der Waals surface area contributed by atoms with Gasteiger partial charge in [-0.2, -0.15) is 5.26 Å². The van der Waals surface area contributed by atoms with Gasteiger partial charge in [0, 0.05) is 20.5 Å². The fourth-order valence-corrected chi connectivity index (χ4v) is 1.78. The molecule has 18 heavy (non-hydrogen) atoms. The average Bonchev–Trinajstić information content (AvgIpc) is 2.54. The molecule has 0 saturated heterocycles. The van der Waals surface area contributed by atoms with Gasteiger partial charge in [0.25, 0.3) is 0 Å². The van der Waals surface area contributed by atoms with Crippen LogP contribution in [-0.2, 0) is 4.79 Å². The fourth-order valence-electron chi connectivity index (χ4n) is 1.78. The van der Waals surface area contributed by atoms with E-state index in [4.69, 9.17) is 11.0 Å². The van der Waals surface area contributed by atoms with Crippen molar-refractivity contribution in [3.05, 3.63) is 36.8 Å². The molecule has 5 nitrogen and oxygen atoms in total. The van der Waals surface area contributed by atoms with Gasteiger partial charge >= 0.3 is 0 Å². The molecule has 0 amide bonds. The van der Waals surface area contributed by atoms with E-state index in [-0.39, 0.29) is 11.9 Å². The van der Waals surface area contributed by atoms with Crippen LogP contribution in [0.15, 0.2) is 36.8 Å². The number of carbonyl (C=O) groups is 1. The van der Waals surface area contributed by atoms with Crippen LogP contribution in [0.2, 0.25) is 0 Å². The van der Waals surface area contributed by atoms with Crippen molar-refractivity contribution in [1.82, 2.24) is 9.80 Å². The Balaban J connectivity index is 0.000000873. The van der Waals surface area contributed by atoms with Crippen LogP contribution in [0.3, 0.4) is 0 Å². The number of likely N-dealkylation sites (N-methyl/N-ethyl adjacent to an activating group) is 1. The third-order valence-electron chi connectivity index (χ3n) is 2.67. The summed E-state index contributed by atoms with van der Waals surface area (Å²) in [4.78, 5) is 15.3. The zero-order chi connectivity index (χ0) is 14.3. The zero-order valence-electron chi connectivity index (χ0n) is 10.6. The van der Waals surface area contributed by atoms with Crippen molar-refractivity contribution in [3.63, 3.8) is 0 Å². The number of thiol groups is 1. The lowest BCUT2D eigenvalue weighted by atomic mass is 10.2. The minimum atomic E-state index is -0.145. The van der Waals surface area contributed by atoms with E-state index in [2.05, 4.69) is 25.8 Å². The van der Waals surface area contributed by atoms with Crippen molar-refractivity contribution in [2.24, 2.45) is 5.73 Å². The molecule has 1 rings (SSSR count). The Bertz CT molecular complexity index is 411. The van der Waals surface area contributed by atoms with Crippen LogP contribution >= 0.6 is 12.6 Å². The molecule has 1 atom stereocenters. The molecule has 2 N–H and O–H groups in total. The first-order valence-electron chi connectivity index (χ1n) is 5.22. The van der Waals surface area contributed by atoms with Crippen molar-refractivity contribution in [2.45, 2.75) is 12.6 Å². The fraction of sp³-hybridized carbons (Fsp3) is 0.333. The summed E-state index contributed by atoms with van der Waals surface area (Å²) >= 11 is 3.09. The quantitative estimate of drug-likeness (QED) is 0.344. The molecule has 0 aliphatic carbocycles. The molecule has 0 aromatic carbocycles. The summed E-state index contributed by atoms with van der Waals surface area (Å²) in [6.45, 7) is 7.16. The highest BCUT2D eigenvalue weighted by Crippen LogP contribution is 2.26. The van der Waals surface area contributed by atoms with E-state index in [0.29, 0.717) is 11.5 Å². The molecule has 0 spiro atoms. The lowest BCUT2D eigenvalue weighted by molar-refractivity contribution is -0.112. The van der Waals surface area contributed by atoms with Crippen molar-refractivity contribution < 1.29 is 4.79 Å². The van der Waals surface area contributed by atoms with Crippen LogP contribution in [0.4, 0.5) is 0 Å². The first kappa shape index (κ1) is 16.1. The van der Waals surface area contributed by atoms with E-state index in [9.17, 15) is 4.79 Å². The molecule has 0 bridgehead atoms. The highest BCUT2D eigenvalue weighted by molar-refractivity contribution is 7.85.